The van der Waals surface area contributed by atoms with Crippen LogP contribution < -0.4 is 5.32 Å². The first-order chi connectivity index (χ1) is 25.3. The van der Waals surface area contributed by atoms with E-state index in [9.17, 15) is 35.4 Å². The van der Waals surface area contributed by atoms with Gasteiger partial charge in [-0.05, 0) is 24.8 Å². The van der Waals surface area contributed by atoms with Gasteiger partial charge < -0.3 is 45.4 Å². The van der Waals surface area contributed by atoms with Gasteiger partial charge in [-0.3, -0.25) is 4.79 Å². The van der Waals surface area contributed by atoms with Crippen molar-refractivity contribution in [2.24, 2.45) is 0 Å². The molecule has 10 nitrogen and oxygen atoms in total. The summed E-state index contributed by atoms with van der Waals surface area (Å²) < 4.78 is 11.1. The van der Waals surface area contributed by atoms with E-state index in [1.165, 1.54) is 109 Å². The number of carbonyl (C=O) groups excluding carboxylic acids is 1. The Kier molecular flexibility index (Phi) is 26.6. The number of amides is 1. The fraction of sp³-hybridized carbons (Fsp3) is 0.833. The first kappa shape index (κ1) is 46.5. The van der Waals surface area contributed by atoms with Gasteiger partial charge >= 0.3 is 0 Å². The average Bonchev–Trinajstić information content (AvgIpc) is 3.15. The topological polar surface area (TPSA) is 169 Å². The van der Waals surface area contributed by atoms with E-state index >= 15 is 0 Å². The van der Waals surface area contributed by atoms with Crippen LogP contribution >= 0.6 is 0 Å². The monoisotopic (exact) mass is 738 g/mol. The van der Waals surface area contributed by atoms with Crippen molar-refractivity contribution in [1.29, 1.82) is 0 Å². The van der Waals surface area contributed by atoms with Crippen LogP contribution in [0.2, 0.25) is 0 Å². The average molecular weight is 738 g/mol. The highest BCUT2D eigenvalue weighted by molar-refractivity contribution is 5.76. The molecule has 0 saturated carbocycles. The van der Waals surface area contributed by atoms with Gasteiger partial charge in [-0.15, -0.1) is 0 Å². The molecule has 7 N–H and O–H groups in total. The van der Waals surface area contributed by atoms with Gasteiger partial charge in [0.1, 0.15) is 30.5 Å². The van der Waals surface area contributed by atoms with Gasteiger partial charge in [0.25, 0.3) is 0 Å². The first-order valence-electron chi connectivity index (χ1n) is 20.9. The maximum Gasteiger partial charge on any atom is 0.220 e. The van der Waals surface area contributed by atoms with E-state index in [2.05, 4.69) is 12.2 Å². The van der Waals surface area contributed by atoms with Crippen molar-refractivity contribution in [3.63, 3.8) is 0 Å². The lowest BCUT2D eigenvalue weighted by Gasteiger charge is -2.40. The third-order valence-corrected chi connectivity index (χ3v) is 10.5. The molecule has 1 amide bonds. The highest BCUT2D eigenvalue weighted by Gasteiger charge is 2.44. The summed E-state index contributed by atoms with van der Waals surface area (Å²) in [5.74, 6) is -0.283. The van der Waals surface area contributed by atoms with Crippen molar-refractivity contribution in [2.45, 2.75) is 210 Å². The molecule has 8 atom stereocenters. The number of aliphatic hydroxyl groups excluding tert-OH is 6. The van der Waals surface area contributed by atoms with E-state index < -0.39 is 55.6 Å². The predicted octanol–water partition coefficient (Wildman–Crippen LogP) is 6.24. The Morgan fingerprint density at radius 3 is 1.67 bits per heavy atom. The van der Waals surface area contributed by atoms with Crippen LogP contribution in [0.15, 0.2) is 30.3 Å². The molecule has 1 aromatic rings. The van der Waals surface area contributed by atoms with E-state index in [1.54, 1.807) is 0 Å². The molecule has 1 aliphatic rings. The van der Waals surface area contributed by atoms with Crippen LogP contribution in [-0.2, 0) is 20.7 Å². The molecule has 0 aromatic heterocycles. The minimum atomic E-state index is -1.62. The fourth-order valence-corrected chi connectivity index (χ4v) is 7.02. The Morgan fingerprint density at radius 1 is 0.712 bits per heavy atom. The van der Waals surface area contributed by atoms with Crippen LogP contribution in [0.4, 0.5) is 0 Å². The molecule has 0 radical (unpaired) electrons. The molecule has 1 saturated heterocycles. The van der Waals surface area contributed by atoms with E-state index in [-0.39, 0.29) is 25.4 Å². The van der Waals surface area contributed by atoms with Crippen molar-refractivity contribution in [3.05, 3.63) is 35.9 Å². The van der Waals surface area contributed by atoms with Crippen LogP contribution in [0.1, 0.15) is 160 Å². The minimum absolute atomic E-state index is 0.247. The largest absolute Gasteiger partial charge is 0.394 e. The number of ether oxygens (including phenoxy) is 2. The smallest absolute Gasteiger partial charge is 0.220 e. The number of hydrogen-bond acceptors (Lipinski definition) is 9. The molecule has 0 spiro atoms. The number of carbonyl (C=O) groups is 1. The predicted molar refractivity (Wildman–Crippen MR) is 206 cm³/mol. The van der Waals surface area contributed by atoms with Crippen LogP contribution in [0, 0.1) is 0 Å². The van der Waals surface area contributed by atoms with Crippen molar-refractivity contribution >= 4 is 5.91 Å². The van der Waals surface area contributed by atoms with Gasteiger partial charge in [0.05, 0.1) is 25.4 Å². The second kappa shape index (κ2) is 29.7. The molecular weight excluding hydrogens is 662 g/mol. The van der Waals surface area contributed by atoms with Crippen molar-refractivity contribution in [2.75, 3.05) is 13.2 Å². The minimum Gasteiger partial charge on any atom is -0.394 e. The molecule has 0 bridgehead atoms. The van der Waals surface area contributed by atoms with Crippen molar-refractivity contribution < 1.29 is 44.9 Å². The quantitative estimate of drug-likeness (QED) is 0.0423. The third-order valence-electron chi connectivity index (χ3n) is 10.5. The molecule has 1 heterocycles. The summed E-state index contributed by atoms with van der Waals surface area (Å²) in [4.78, 5) is 12.9. The number of nitrogens with one attached hydrogen (secondary N) is 1. The molecule has 2 rings (SSSR count). The van der Waals surface area contributed by atoms with Crippen molar-refractivity contribution in [1.82, 2.24) is 5.32 Å². The van der Waals surface area contributed by atoms with E-state index in [1.807, 2.05) is 30.3 Å². The number of aryl methyl sites for hydroxylation is 1. The third kappa shape index (κ3) is 20.2. The summed E-state index contributed by atoms with van der Waals surface area (Å²) in [6.07, 6.45) is 18.2. The molecule has 1 aliphatic heterocycles. The van der Waals surface area contributed by atoms with E-state index in [4.69, 9.17) is 9.47 Å². The normalized spacial score (nSPS) is 22.2. The Hall–Kier alpha value is -1.63. The molecule has 5 unspecified atom stereocenters. The summed E-state index contributed by atoms with van der Waals surface area (Å²) in [6.45, 7) is 1.33. The van der Waals surface area contributed by atoms with Gasteiger partial charge in [-0.1, -0.05) is 166 Å². The van der Waals surface area contributed by atoms with Gasteiger partial charge in [0.15, 0.2) is 6.29 Å². The molecule has 52 heavy (non-hydrogen) atoms. The molecule has 0 aliphatic carbocycles. The molecule has 1 aromatic carbocycles. The molecule has 10 heteroatoms. The highest BCUT2D eigenvalue weighted by Crippen LogP contribution is 2.23. The summed E-state index contributed by atoms with van der Waals surface area (Å²) in [5.41, 5.74) is 1.00. The van der Waals surface area contributed by atoms with Crippen LogP contribution in [0.3, 0.4) is 0 Å². The Balaban J connectivity index is 1.60. The lowest BCUT2D eigenvalue weighted by atomic mass is 9.98. The summed E-state index contributed by atoms with van der Waals surface area (Å²) in [7, 11) is 0. The summed E-state index contributed by atoms with van der Waals surface area (Å²) in [5, 5.41) is 64.7. The van der Waals surface area contributed by atoms with Crippen LogP contribution in [0.25, 0.3) is 0 Å². The number of benzene rings is 1. The Labute approximate surface area is 314 Å². The van der Waals surface area contributed by atoms with E-state index in [0.29, 0.717) is 12.8 Å². The first-order valence-corrected chi connectivity index (χ1v) is 20.9. The molecule has 1 fully saturated rings. The Morgan fingerprint density at radius 2 is 1.19 bits per heavy atom. The maximum absolute atomic E-state index is 12.9. The van der Waals surface area contributed by atoms with E-state index in [0.717, 1.165) is 24.8 Å². The summed E-state index contributed by atoms with van der Waals surface area (Å²) in [6, 6.07) is 8.54. The number of aliphatic hydroxyl groups is 6. The zero-order valence-electron chi connectivity index (χ0n) is 32.3. The van der Waals surface area contributed by atoms with Gasteiger partial charge in [0.2, 0.25) is 5.91 Å². The van der Waals surface area contributed by atoms with Gasteiger partial charge in [-0.25, -0.2) is 0 Å². The lowest BCUT2D eigenvalue weighted by molar-refractivity contribution is -0.303. The maximum atomic E-state index is 12.9. The van der Waals surface area contributed by atoms with Crippen LogP contribution in [0.5, 0.6) is 0 Å². The number of unbranched alkanes of at least 4 members (excludes halogenated alkanes) is 20. The lowest BCUT2D eigenvalue weighted by Crippen LogP contribution is -2.60. The number of rotatable bonds is 32. The SMILES string of the molecule is CCCCCCCCCCCCCCCCCCCCCCCC(=O)N[C@@H](COC1OC(CO)C(O)C(O)C1O)[C@H](O)[C@H](O)CCc1ccccc1. The van der Waals surface area contributed by atoms with Gasteiger partial charge in [0, 0.05) is 6.42 Å². The molecular formula is C42H75NO9. The zero-order chi connectivity index (χ0) is 37.8. The standard InChI is InChI=1S/C42H75NO9/c1-2-3-4-5-6-7-8-9-10-11-12-13-14-15-16-17-18-19-20-21-25-28-37(46)43-34(38(47)35(45)30-29-33-26-23-22-24-27-33)32-51-42-41(50)40(49)39(48)36(31-44)52-42/h22-24,26-27,34-36,38-42,44-45,47-50H,2-21,25,28-32H2,1H3,(H,43,46)/t34-,35+,36?,38-,39?,40?,41?,42?/m0/s1. The zero-order valence-corrected chi connectivity index (χ0v) is 32.3. The number of hydrogen-bond donors (Lipinski definition) is 7. The molecule has 302 valence electrons. The fourth-order valence-electron chi connectivity index (χ4n) is 7.02. The van der Waals surface area contributed by atoms with Gasteiger partial charge in [-0.2, -0.15) is 0 Å². The second-order valence-electron chi connectivity index (χ2n) is 15.1. The highest BCUT2D eigenvalue weighted by atomic mass is 16.7. The summed E-state index contributed by atoms with van der Waals surface area (Å²) >= 11 is 0. The van der Waals surface area contributed by atoms with Crippen LogP contribution in [-0.4, -0.2) is 98.7 Å². The Bertz CT molecular complexity index is 983. The van der Waals surface area contributed by atoms with Crippen molar-refractivity contribution in [3.8, 4) is 0 Å². The second-order valence-corrected chi connectivity index (χ2v) is 15.1.